The number of nitrogens with one attached hydrogen (secondary N) is 1. The van der Waals surface area contributed by atoms with Crippen LogP contribution in [0.2, 0.25) is 0 Å². The Balaban J connectivity index is 3.72. The van der Waals surface area contributed by atoms with E-state index in [1.807, 2.05) is 31.1 Å². The Morgan fingerprint density at radius 3 is 2.36 bits per heavy atom. The van der Waals surface area contributed by atoms with Gasteiger partial charge in [-0.1, -0.05) is 17.7 Å². The molecule has 0 spiro atoms. The van der Waals surface area contributed by atoms with E-state index in [1.165, 1.54) is 0 Å². The summed E-state index contributed by atoms with van der Waals surface area (Å²) in [7, 11) is 1.98. The third kappa shape index (κ3) is 4.27. The lowest BCUT2D eigenvalue weighted by molar-refractivity contribution is 0.236. The van der Waals surface area contributed by atoms with Gasteiger partial charge in [0.15, 0.2) is 5.62 Å². The summed E-state index contributed by atoms with van der Waals surface area (Å²) in [6.45, 7) is 6.16. The van der Waals surface area contributed by atoms with Crippen LogP contribution in [-0.4, -0.2) is 23.6 Å². The largest absolute Gasteiger partial charge is 0.364 e. The predicted octanol–water partition coefficient (Wildman–Crippen LogP) is 1.97. The van der Waals surface area contributed by atoms with Crippen LogP contribution in [0.15, 0.2) is 12.3 Å². The van der Waals surface area contributed by atoms with Crippen LogP contribution in [0.5, 0.6) is 0 Å². The number of hydrogen-bond donors (Lipinski definition) is 1. The van der Waals surface area contributed by atoms with Gasteiger partial charge >= 0.3 is 0 Å². The lowest BCUT2D eigenvalue weighted by atomic mass is 10.4. The maximum Gasteiger partial charge on any atom is 0.157 e. The number of rotatable bonds is 4. The SMILES string of the molecule is C/C=C/NC(Cl)N(C)C(C)C. The third-order valence-electron chi connectivity index (χ3n) is 1.57. The molecule has 1 N–H and O–H groups in total. The highest BCUT2D eigenvalue weighted by atomic mass is 35.5. The van der Waals surface area contributed by atoms with Crippen molar-refractivity contribution in [2.45, 2.75) is 32.4 Å². The van der Waals surface area contributed by atoms with E-state index in [9.17, 15) is 0 Å². The highest BCUT2D eigenvalue weighted by Crippen LogP contribution is 2.02. The van der Waals surface area contributed by atoms with Gasteiger partial charge in [-0.3, -0.25) is 4.90 Å². The number of alkyl halides is 1. The Bertz CT molecular complexity index is 123. The maximum atomic E-state index is 5.97. The average Bonchev–Trinajstić information content (AvgIpc) is 1.98. The van der Waals surface area contributed by atoms with E-state index in [2.05, 4.69) is 19.2 Å². The molecule has 2 nitrogen and oxygen atoms in total. The van der Waals surface area contributed by atoms with Crippen molar-refractivity contribution in [3.05, 3.63) is 12.3 Å². The zero-order valence-corrected chi connectivity index (χ0v) is 8.39. The number of hydrogen-bond acceptors (Lipinski definition) is 2. The van der Waals surface area contributed by atoms with Gasteiger partial charge < -0.3 is 5.32 Å². The highest BCUT2D eigenvalue weighted by molar-refractivity contribution is 6.20. The minimum Gasteiger partial charge on any atom is -0.364 e. The summed E-state index contributed by atoms with van der Waals surface area (Å²) < 4.78 is 0. The molecule has 0 rings (SSSR count). The summed E-state index contributed by atoms with van der Waals surface area (Å²) in [6.07, 6.45) is 3.76. The molecule has 1 atom stereocenters. The zero-order valence-electron chi connectivity index (χ0n) is 7.63. The quantitative estimate of drug-likeness (QED) is 0.400. The number of nitrogens with zero attached hydrogens (tertiary/aromatic N) is 1. The second kappa shape index (κ2) is 5.44. The van der Waals surface area contributed by atoms with Gasteiger partial charge in [-0.25, -0.2) is 0 Å². The molecule has 0 aromatic heterocycles. The van der Waals surface area contributed by atoms with E-state index in [-0.39, 0.29) is 5.62 Å². The predicted molar refractivity (Wildman–Crippen MR) is 50.5 cm³/mol. The van der Waals surface area contributed by atoms with Crippen molar-refractivity contribution < 1.29 is 0 Å². The second-order valence-corrected chi connectivity index (χ2v) is 3.18. The van der Waals surface area contributed by atoms with Gasteiger partial charge in [-0.15, -0.1) is 0 Å². The fourth-order valence-electron chi connectivity index (χ4n) is 0.555. The molecule has 0 heterocycles. The molecule has 3 heteroatoms. The molecule has 0 radical (unpaired) electrons. The van der Waals surface area contributed by atoms with Crippen LogP contribution >= 0.6 is 11.6 Å². The summed E-state index contributed by atoms with van der Waals surface area (Å²) >= 11 is 5.97. The van der Waals surface area contributed by atoms with Crippen molar-refractivity contribution in [2.24, 2.45) is 0 Å². The summed E-state index contributed by atoms with van der Waals surface area (Å²) in [4.78, 5) is 2.04. The van der Waals surface area contributed by atoms with Gasteiger partial charge in [0.25, 0.3) is 0 Å². The van der Waals surface area contributed by atoms with Crippen molar-refractivity contribution >= 4 is 11.6 Å². The minimum atomic E-state index is -0.119. The first-order valence-electron chi connectivity index (χ1n) is 3.82. The van der Waals surface area contributed by atoms with E-state index in [4.69, 9.17) is 11.6 Å². The van der Waals surface area contributed by atoms with Crippen molar-refractivity contribution in [1.82, 2.24) is 10.2 Å². The van der Waals surface area contributed by atoms with Gasteiger partial charge in [0.1, 0.15) is 0 Å². The molecule has 0 fully saturated rings. The number of allylic oxidation sites excluding steroid dienone is 1. The molecule has 0 aliphatic carbocycles. The molecule has 0 bridgehead atoms. The molecular formula is C8H17ClN2. The smallest absolute Gasteiger partial charge is 0.157 e. The topological polar surface area (TPSA) is 15.3 Å². The zero-order chi connectivity index (χ0) is 8.85. The first-order chi connectivity index (χ1) is 5.09. The molecular weight excluding hydrogens is 160 g/mol. The van der Waals surface area contributed by atoms with Gasteiger partial charge in [0.2, 0.25) is 0 Å². The molecule has 11 heavy (non-hydrogen) atoms. The molecule has 0 amide bonds. The fourth-order valence-corrected chi connectivity index (χ4v) is 0.853. The summed E-state index contributed by atoms with van der Waals surface area (Å²) in [6, 6.07) is 0.454. The van der Waals surface area contributed by atoms with Crippen LogP contribution in [0.3, 0.4) is 0 Å². The standard InChI is InChI=1S/C8H17ClN2/c1-5-6-10-8(9)11(4)7(2)3/h5-8,10H,1-4H3/b6-5+. The van der Waals surface area contributed by atoms with Crippen molar-refractivity contribution in [3.8, 4) is 0 Å². The van der Waals surface area contributed by atoms with Gasteiger partial charge in [0.05, 0.1) is 0 Å². The third-order valence-corrected chi connectivity index (χ3v) is 2.01. The Hall–Kier alpha value is -0.210. The van der Waals surface area contributed by atoms with Gasteiger partial charge in [0, 0.05) is 6.04 Å². The van der Waals surface area contributed by atoms with Gasteiger partial charge in [-0.05, 0) is 34.0 Å². The lowest BCUT2D eigenvalue weighted by Gasteiger charge is -2.26. The first kappa shape index (κ1) is 10.8. The Kier molecular flexibility index (Phi) is 5.34. The van der Waals surface area contributed by atoms with E-state index >= 15 is 0 Å². The van der Waals surface area contributed by atoms with Crippen molar-refractivity contribution in [2.75, 3.05) is 7.05 Å². The Labute approximate surface area is 74.2 Å². The maximum absolute atomic E-state index is 5.97. The molecule has 0 aliphatic rings. The molecule has 1 unspecified atom stereocenters. The Morgan fingerprint density at radius 1 is 1.45 bits per heavy atom. The van der Waals surface area contributed by atoms with E-state index in [1.54, 1.807) is 0 Å². The van der Waals surface area contributed by atoms with E-state index in [0.717, 1.165) is 0 Å². The molecule has 66 valence electrons. The molecule has 0 aromatic rings. The monoisotopic (exact) mass is 176 g/mol. The highest BCUT2D eigenvalue weighted by Gasteiger charge is 2.11. The van der Waals surface area contributed by atoms with Crippen LogP contribution in [0.4, 0.5) is 0 Å². The summed E-state index contributed by atoms with van der Waals surface area (Å²) in [5, 5.41) is 3.02. The van der Waals surface area contributed by atoms with E-state index < -0.39 is 0 Å². The lowest BCUT2D eigenvalue weighted by Crippen LogP contribution is -2.40. The van der Waals surface area contributed by atoms with Crippen LogP contribution in [0.25, 0.3) is 0 Å². The van der Waals surface area contributed by atoms with Crippen LogP contribution < -0.4 is 5.32 Å². The number of halogens is 1. The summed E-state index contributed by atoms with van der Waals surface area (Å²) in [5.74, 6) is 0. The fraction of sp³-hybridized carbons (Fsp3) is 0.750. The second-order valence-electron chi connectivity index (χ2n) is 2.76. The molecule has 0 aromatic carbocycles. The van der Waals surface area contributed by atoms with Crippen LogP contribution in [-0.2, 0) is 0 Å². The summed E-state index contributed by atoms with van der Waals surface area (Å²) in [5.41, 5.74) is -0.119. The van der Waals surface area contributed by atoms with Crippen molar-refractivity contribution in [3.63, 3.8) is 0 Å². The van der Waals surface area contributed by atoms with Crippen LogP contribution in [0, 0.1) is 0 Å². The molecule has 0 saturated heterocycles. The van der Waals surface area contributed by atoms with Crippen LogP contribution in [0.1, 0.15) is 20.8 Å². The first-order valence-corrected chi connectivity index (χ1v) is 4.26. The normalized spacial score (nSPS) is 14.8. The Morgan fingerprint density at radius 2 is 2.00 bits per heavy atom. The molecule has 0 aliphatic heterocycles. The van der Waals surface area contributed by atoms with Gasteiger partial charge in [-0.2, -0.15) is 0 Å². The van der Waals surface area contributed by atoms with Crippen molar-refractivity contribution in [1.29, 1.82) is 0 Å². The average molecular weight is 177 g/mol. The minimum absolute atomic E-state index is 0.119. The molecule has 0 saturated carbocycles. The van der Waals surface area contributed by atoms with E-state index in [0.29, 0.717) is 6.04 Å².